The Morgan fingerprint density at radius 1 is 0.963 bits per heavy atom. The Bertz CT molecular complexity index is 2310. The summed E-state index contributed by atoms with van der Waals surface area (Å²) in [6.07, 6.45) is 0.320. The van der Waals surface area contributed by atoms with Gasteiger partial charge in [0.2, 0.25) is 0 Å². The first-order chi connectivity index (χ1) is 25.4. The van der Waals surface area contributed by atoms with Crippen LogP contribution in [-0.2, 0) is 23.3 Å². The van der Waals surface area contributed by atoms with Gasteiger partial charge >= 0.3 is 6.18 Å². The lowest BCUT2D eigenvalue weighted by Gasteiger charge is -2.34. The summed E-state index contributed by atoms with van der Waals surface area (Å²) in [4.78, 5) is 27.8. The topological polar surface area (TPSA) is 155 Å². The molecule has 1 saturated carbocycles. The molecule has 1 N–H and O–H groups in total. The maximum atomic E-state index is 14.0. The lowest BCUT2D eigenvalue weighted by atomic mass is 9.85. The number of aromatic nitrogens is 4. The molecule has 0 saturated heterocycles. The van der Waals surface area contributed by atoms with Gasteiger partial charge in [0.25, 0.3) is 11.5 Å². The van der Waals surface area contributed by atoms with E-state index in [0.717, 1.165) is 53.5 Å². The molecule has 1 aliphatic carbocycles. The zero-order chi connectivity index (χ0) is 39.4. The predicted octanol–water partition coefficient (Wildman–Crippen LogP) is 5.50. The Morgan fingerprint density at radius 3 is 2.17 bits per heavy atom. The van der Waals surface area contributed by atoms with Crippen LogP contribution in [0.5, 0.6) is 0 Å². The summed E-state index contributed by atoms with van der Waals surface area (Å²) in [6, 6.07) is 21.8. The number of nitrogens with zero attached hydrogens (tertiary/aromatic N) is 6. The van der Waals surface area contributed by atoms with Gasteiger partial charge in [-0.15, -0.1) is 0 Å². The molecule has 0 radical (unpaired) electrons. The molecule has 0 aliphatic heterocycles. The van der Waals surface area contributed by atoms with Crippen LogP contribution in [0, 0.1) is 17.2 Å². The minimum atomic E-state index is -4.62. The summed E-state index contributed by atoms with van der Waals surface area (Å²) in [5, 5.41) is 16.7. The highest BCUT2D eigenvalue weighted by Gasteiger charge is 2.34. The first kappa shape index (κ1) is 39.7. The normalized spacial score (nSPS) is 16.2. The van der Waals surface area contributed by atoms with E-state index in [-0.39, 0.29) is 27.9 Å². The van der Waals surface area contributed by atoms with Gasteiger partial charge in [0, 0.05) is 19.0 Å². The third-order valence-electron chi connectivity index (χ3n) is 9.06. The fourth-order valence-electron chi connectivity index (χ4n) is 6.68. The average Bonchev–Trinajstić information content (AvgIpc) is 3.70. The van der Waals surface area contributed by atoms with Crippen molar-refractivity contribution < 1.29 is 35.4 Å². The van der Waals surface area contributed by atoms with E-state index < -0.39 is 33.3 Å². The molecule has 2 aromatic heterocycles. The maximum absolute atomic E-state index is 14.0. The van der Waals surface area contributed by atoms with Gasteiger partial charge in [-0.1, -0.05) is 24.3 Å². The molecule has 16 heteroatoms. The number of carbonyl (C=O) groups is 1. The van der Waals surface area contributed by atoms with Gasteiger partial charge in [-0.2, -0.15) is 23.5 Å². The quantitative estimate of drug-likeness (QED) is 0.162. The van der Waals surface area contributed by atoms with Gasteiger partial charge in [0.1, 0.15) is 21.4 Å². The highest BCUT2D eigenvalue weighted by Crippen LogP contribution is 2.32. The molecule has 284 valence electrons. The molecule has 3 aromatic carbocycles. The molecule has 1 amide bonds. The van der Waals surface area contributed by atoms with Gasteiger partial charge in [-0.3, -0.25) is 14.3 Å². The van der Waals surface area contributed by atoms with Crippen LogP contribution in [-0.4, -0.2) is 76.2 Å². The van der Waals surface area contributed by atoms with Crippen molar-refractivity contribution in [2.24, 2.45) is 13.0 Å². The summed E-state index contributed by atoms with van der Waals surface area (Å²) >= 11 is 0. The van der Waals surface area contributed by atoms with Crippen LogP contribution in [0.15, 0.2) is 101 Å². The molecule has 1 aliphatic rings. The molecule has 0 unspecified atom stereocenters. The monoisotopic (exact) mass is 763 g/mol. The van der Waals surface area contributed by atoms with E-state index in [1.165, 1.54) is 59.0 Å². The first-order valence-corrected chi connectivity index (χ1v) is 18.4. The third kappa shape index (κ3) is 9.34. The van der Waals surface area contributed by atoms with Gasteiger partial charge in [0.15, 0.2) is 0 Å². The fourth-order valence-corrected chi connectivity index (χ4v) is 7.17. The number of alkyl halides is 3. The molecular weight excluding hydrogens is 724 g/mol. The Morgan fingerprint density at radius 2 is 1.61 bits per heavy atom. The van der Waals surface area contributed by atoms with Crippen LogP contribution in [0.4, 0.5) is 13.2 Å². The average molecular weight is 764 g/mol. The summed E-state index contributed by atoms with van der Waals surface area (Å²) < 4.78 is 76.5. The van der Waals surface area contributed by atoms with Crippen molar-refractivity contribution in [3.8, 4) is 28.8 Å². The number of hydrogen-bond donors (Lipinski definition) is 1. The van der Waals surface area contributed by atoms with Crippen LogP contribution in [0.1, 0.15) is 47.2 Å². The van der Waals surface area contributed by atoms with Crippen molar-refractivity contribution in [3.63, 3.8) is 0 Å². The van der Waals surface area contributed by atoms with Crippen LogP contribution in [0.25, 0.3) is 22.8 Å². The van der Waals surface area contributed by atoms with Crippen molar-refractivity contribution in [1.82, 2.24) is 24.5 Å². The van der Waals surface area contributed by atoms with Gasteiger partial charge in [-0.05, 0) is 86.3 Å². The lowest BCUT2D eigenvalue weighted by Crippen LogP contribution is -2.43. The van der Waals surface area contributed by atoms with E-state index >= 15 is 0 Å². The van der Waals surface area contributed by atoms with Crippen molar-refractivity contribution in [2.75, 3.05) is 27.7 Å². The molecular formula is C38H40F3N7O5S. The number of benzene rings is 3. The largest absolute Gasteiger partial charge is 0.744 e. The third-order valence-corrected chi connectivity index (χ3v) is 9.91. The minimum Gasteiger partial charge on any atom is -0.744 e. The number of rotatable bonds is 8. The Balaban J connectivity index is 0.000000486. The second kappa shape index (κ2) is 15.8. The molecule has 12 nitrogen and oxygen atoms in total. The highest BCUT2D eigenvalue weighted by atomic mass is 32.2. The van der Waals surface area contributed by atoms with E-state index in [0.29, 0.717) is 22.9 Å². The SMILES string of the molecule is Cn1c(-c2ccnn2-c2ccc(C#N)cc2)c(C(=O)NC2CCC(C[N+](C)(C)C)CC2)c(=O)n1-c1cccc(C(F)(F)F)c1.O=S(=O)([O-])c1ccccc1. The standard InChI is InChI=1S/C32H34F3N7O2.C6H6O3S/c1-39-29(27-16-17-37-40(27)25-14-10-21(19-36)11-15-25)28(30(43)38-24-12-8-22(9-13-24)20-42(2,3)4)31(44)41(39)26-7-5-6-23(18-26)32(33,34)35;7-10(8,9)6-4-2-1-3-5-6/h5-7,10-11,14-18,22,24H,8-9,12-13,20H2,1-4H3;1-5H,(H,7,8,9). The molecule has 1 fully saturated rings. The number of nitriles is 1. The van der Waals surface area contributed by atoms with Crippen molar-refractivity contribution in [2.45, 2.75) is 42.8 Å². The van der Waals surface area contributed by atoms with E-state index in [1.807, 2.05) is 0 Å². The maximum Gasteiger partial charge on any atom is 0.416 e. The Kier molecular flexibility index (Phi) is 11.7. The van der Waals surface area contributed by atoms with E-state index in [4.69, 9.17) is 0 Å². The second-order valence-electron chi connectivity index (χ2n) is 14.1. The number of halogens is 3. The first-order valence-electron chi connectivity index (χ1n) is 17.0. The van der Waals surface area contributed by atoms with Crippen LogP contribution < -0.4 is 10.9 Å². The molecule has 5 aromatic rings. The van der Waals surface area contributed by atoms with Gasteiger partial charge < -0.3 is 14.4 Å². The van der Waals surface area contributed by atoms with E-state index in [9.17, 15) is 41.0 Å². The van der Waals surface area contributed by atoms with Crippen LogP contribution >= 0.6 is 0 Å². The number of quaternary nitrogens is 1. The number of carbonyl (C=O) groups excluding carboxylic acids is 1. The Labute approximate surface area is 311 Å². The fraction of sp³-hybridized carbons (Fsp3) is 0.316. The summed E-state index contributed by atoms with van der Waals surface area (Å²) in [7, 11) is 3.74. The summed E-state index contributed by atoms with van der Waals surface area (Å²) in [5.74, 6) is -0.0516. The van der Waals surface area contributed by atoms with Crippen LogP contribution in [0.3, 0.4) is 0 Å². The zero-order valence-corrected chi connectivity index (χ0v) is 30.9. The molecule has 0 bridgehead atoms. The molecule has 0 spiro atoms. The number of amides is 1. The molecule has 6 rings (SSSR count). The number of nitrogens with one attached hydrogen (secondary N) is 1. The highest BCUT2D eigenvalue weighted by molar-refractivity contribution is 7.85. The van der Waals surface area contributed by atoms with Crippen LogP contribution in [0.2, 0.25) is 0 Å². The predicted molar refractivity (Wildman–Crippen MR) is 194 cm³/mol. The van der Waals surface area contributed by atoms with Crippen molar-refractivity contribution in [1.29, 1.82) is 5.26 Å². The van der Waals surface area contributed by atoms with Crippen molar-refractivity contribution in [3.05, 3.63) is 118 Å². The molecule has 54 heavy (non-hydrogen) atoms. The smallest absolute Gasteiger partial charge is 0.416 e. The Hall–Kier alpha value is -5.50. The summed E-state index contributed by atoms with van der Waals surface area (Å²) in [5.41, 5.74) is -0.268. The van der Waals surface area contributed by atoms with E-state index in [1.54, 1.807) is 36.4 Å². The van der Waals surface area contributed by atoms with Crippen molar-refractivity contribution >= 4 is 16.0 Å². The van der Waals surface area contributed by atoms with E-state index in [2.05, 4.69) is 37.6 Å². The summed E-state index contributed by atoms with van der Waals surface area (Å²) in [6.45, 7) is 1.03. The molecule has 2 heterocycles. The van der Waals surface area contributed by atoms with Gasteiger partial charge in [-0.25, -0.2) is 17.8 Å². The molecule has 0 atom stereocenters. The number of hydrogen-bond acceptors (Lipinski definition) is 7. The lowest BCUT2D eigenvalue weighted by molar-refractivity contribution is -0.874. The second-order valence-corrected chi connectivity index (χ2v) is 15.5. The minimum absolute atomic E-state index is 0.0297. The zero-order valence-electron chi connectivity index (χ0n) is 30.1. The van der Waals surface area contributed by atoms with Gasteiger partial charge in [0.05, 0.1) is 73.0 Å².